The van der Waals surface area contributed by atoms with E-state index in [0.717, 1.165) is 26.5 Å². The van der Waals surface area contributed by atoms with Crippen molar-refractivity contribution < 1.29 is 14.1 Å². The van der Waals surface area contributed by atoms with E-state index in [1.165, 1.54) is 0 Å². The molecule has 1 N–H and O–H groups in total. The molecule has 0 unspecified atom stereocenters. The lowest BCUT2D eigenvalue weighted by Gasteiger charge is -2.02. The SMILES string of the molecule is CCOc1ccc(-c2cc(C(=O)NCc3nc4ccccc4s3)no2)cc1. The summed E-state index contributed by atoms with van der Waals surface area (Å²) in [4.78, 5) is 16.8. The van der Waals surface area contributed by atoms with Crippen LogP contribution in [0.5, 0.6) is 5.75 Å². The second-order valence-electron chi connectivity index (χ2n) is 5.79. The Hall–Kier alpha value is -3.19. The van der Waals surface area contributed by atoms with E-state index in [1.54, 1.807) is 17.4 Å². The molecule has 2 aromatic heterocycles. The molecular weight excluding hydrogens is 362 g/mol. The minimum absolute atomic E-state index is 0.236. The first-order chi connectivity index (χ1) is 13.2. The van der Waals surface area contributed by atoms with E-state index in [-0.39, 0.29) is 11.6 Å². The number of rotatable bonds is 6. The molecule has 0 aliphatic carbocycles. The first-order valence-corrected chi connectivity index (χ1v) is 9.37. The Kier molecular flexibility index (Phi) is 4.84. The normalized spacial score (nSPS) is 10.9. The van der Waals surface area contributed by atoms with Crippen molar-refractivity contribution in [2.75, 3.05) is 6.61 Å². The second-order valence-corrected chi connectivity index (χ2v) is 6.91. The van der Waals surface area contributed by atoms with E-state index in [0.29, 0.717) is 18.9 Å². The van der Waals surface area contributed by atoms with Crippen LogP contribution in [0.2, 0.25) is 0 Å². The van der Waals surface area contributed by atoms with Crippen molar-refractivity contribution in [1.29, 1.82) is 0 Å². The van der Waals surface area contributed by atoms with Gasteiger partial charge in [-0.1, -0.05) is 17.3 Å². The highest BCUT2D eigenvalue weighted by Crippen LogP contribution is 2.24. The summed E-state index contributed by atoms with van der Waals surface area (Å²) in [6.45, 7) is 2.90. The van der Waals surface area contributed by atoms with Crippen molar-refractivity contribution in [3.8, 4) is 17.1 Å². The fourth-order valence-corrected chi connectivity index (χ4v) is 3.55. The third-order valence-electron chi connectivity index (χ3n) is 3.93. The molecule has 0 fully saturated rings. The van der Waals surface area contributed by atoms with Gasteiger partial charge in [-0.2, -0.15) is 0 Å². The first kappa shape index (κ1) is 17.2. The van der Waals surface area contributed by atoms with Crippen molar-refractivity contribution in [2.45, 2.75) is 13.5 Å². The van der Waals surface area contributed by atoms with Gasteiger partial charge in [0.1, 0.15) is 10.8 Å². The number of nitrogens with one attached hydrogen (secondary N) is 1. The highest BCUT2D eigenvalue weighted by molar-refractivity contribution is 7.18. The molecule has 6 nitrogen and oxygen atoms in total. The van der Waals surface area contributed by atoms with Gasteiger partial charge in [0.2, 0.25) is 0 Å². The Morgan fingerprint density at radius 3 is 2.78 bits per heavy atom. The van der Waals surface area contributed by atoms with Gasteiger partial charge in [-0.15, -0.1) is 11.3 Å². The van der Waals surface area contributed by atoms with Crippen molar-refractivity contribution in [1.82, 2.24) is 15.5 Å². The van der Waals surface area contributed by atoms with Crippen LogP contribution >= 0.6 is 11.3 Å². The number of hydrogen-bond donors (Lipinski definition) is 1. The molecule has 0 bridgehead atoms. The minimum Gasteiger partial charge on any atom is -0.494 e. The van der Waals surface area contributed by atoms with Crippen LogP contribution in [0, 0.1) is 0 Å². The number of para-hydroxylation sites is 1. The third kappa shape index (κ3) is 3.83. The van der Waals surface area contributed by atoms with Crippen LogP contribution in [-0.4, -0.2) is 22.7 Å². The standard InChI is InChI=1S/C20H17N3O3S/c1-2-25-14-9-7-13(8-10-14)17-11-16(23-26-17)20(24)21-12-19-22-15-5-3-4-6-18(15)27-19/h3-11H,2,12H2,1H3,(H,21,24). The monoisotopic (exact) mass is 379 g/mol. The summed E-state index contributed by atoms with van der Waals surface area (Å²) < 4.78 is 11.8. The maximum Gasteiger partial charge on any atom is 0.273 e. The number of thiazole rings is 1. The first-order valence-electron chi connectivity index (χ1n) is 8.55. The molecule has 1 amide bonds. The summed E-state index contributed by atoms with van der Waals surface area (Å²) in [5.74, 6) is 1.02. The summed E-state index contributed by atoms with van der Waals surface area (Å²) in [6, 6.07) is 17.0. The number of amides is 1. The maximum atomic E-state index is 12.3. The number of ether oxygens (including phenoxy) is 1. The van der Waals surface area contributed by atoms with Gasteiger partial charge in [-0.25, -0.2) is 4.98 Å². The number of carbonyl (C=O) groups excluding carboxylic acids is 1. The molecule has 0 aliphatic heterocycles. The van der Waals surface area contributed by atoms with Crippen LogP contribution in [-0.2, 0) is 6.54 Å². The molecule has 0 aliphatic rings. The summed E-state index contributed by atoms with van der Waals surface area (Å²) in [5, 5.41) is 7.55. The zero-order chi connectivity index (χ0) is 18.6. The number of carbonyl (C=O) groups is 1. The molecule has 4 aromatic rings. The largest absolute Gasteiger partial charge is 0.494 e. The highest BCUT2D eigenvalue weighted by Gasteiger charge is 2.14. The van der Waals surface area contributed by atoms with Gasteiger partial charge in [-0.05, 0) is 43.3 Å². The van der Waals surface area contributed by atoms with Gasteiger partial charge in [0, 0.05) is 11.6 Å². The van der Waals surface area contributed by atoms with E-state index in [2.05, 4.69) is 15.5 Å². The Bertz CT molecular complexity index is 1040. The van der Waals surface area contributed by atoms with Crippen molar-refractivity contribution >= 4 is 27.5 Å². The van der Waals surface area contributed by atoms with E-state index in [9.17, 15) is 4.79 Å². The quantitative estimate of drug-likeness (QED) is 0.541. The Morgan fingerprint density at radius 1 is 1.19 bits per heavy atom. The smallest absolute Gasteiger partial charge is 0.273 e. The van der Waals surface area contributed by atoms with Gasteiger partial charge in [0.25, 0.3) is 5.91 Å². The molecule has 0 atom stereocenters. The Labute approximate surface area is 159 Å². The van der Waals surface area contributed by atoms with Gasteiger partial charge in [0.05, 0.1) is 23.4 Å². The van der Waals surface area contributed by atoms with Crippen molar-refractivity contribution in [3.05, 3.63) is 65.3 Å². The number of nitrogens with zero attached hydrogens (tertiary/aromatic N) is 2. The fraction of sp³-hybridized carbons (Fsp3) is 0.150. The van der Waals surface area contributed by atoms with Crippen molar-refractivity contribution in [2.24, 2.45) is 0 Å². The predicted octanol–water partition coefficient (Wildman–Crippen LogP) is 4.28. The number of fused-ring (bicyclic) bond motifs is 1. The molecule has 7 heteroatoms. The molecule has 27 heavy (non-hydrogen) atoms. The Balaban J connectivity index is 1.42. The van der Waals surface area contributed by atoms with E-state index >= 15 is 0 Å². The number of benzene rings is 2. The van der Waals surface area contributed by atoms with Crippen molar-refractivity contribution in [3.63, 3.8) is 0 Å². The molecule has 0 radical (unpaired) electrons. The molecule has 0 saturated heterocycles. The van der Waals surface area contributed by atoms with Gasteiger partial charge >= 0.3 is 0 Å². The molecule has 2 heterocycles. The zero-order valence-electron chi connectivity index (χ0n) is 14.6. The summed E-state index contributed by atoms with van der Waals surface area (Å²) >= 11 is 1.56. The van der Waals surface area contributed by atoms with Crippen LogP contribution in [0.25, 0.3) is 21.5 Å². The van der Waals surface area contributed by atoms with Gasteiger partial charge in [0.15, 0.2) is 11.5 Å². The molecule has 0 saturated carbocycles. The van der Waals surface area contributed by atoms with Crippen LogP contribution < -0.4 is 10.1 Å². The lowest BCUT2D eigenvalue weighted by Crippen LogP contribution is -2.22. The summed E-state index contributed by atoms with van der Waals surface area (Å²) in [5.41, 5.74) is 2.00. The van der Waals surface area contributed by atoms with Crippen LogP contribution in [0.4, 0.5) is 0 Å². The molecule has 0 spiro atoms. The Morgan fingerprint density at radius 2 is 2.00 bits per heavy atom. The lowest BCUT2D eigenvalue weighted by atomic mass is 10.1. The van der Waals surface area contributed by atoms with Gasteiger partial charge in [-0.3, -0.25) is 4.79 Å². The number of aromatic nitrogens is 2. The number of hydrogen-bond acceptors (Lipinski definition) is 6. The second kappa shape index (κ2) is 7.59. The molecular formula is C20H17N3O3S. The highest BCUT2D eigenvalue weighted by atomic mass is 32.1. The van der Waals surface area contributed by atoms with Crippen LogP contribution in [0.3, 0.4) is 0 Å². The lowest BCUT2D eigenvalue weighted by molar-refractivity contribution is 0.0942. The van der Waals surface area contributed by atoms with Crippen LogP contribution in [0.1, 0.15) is 22.4 Å². The maximum absolute atomic E-state index is 12.3. The molecule has 4 rings (SSSR count). The predicted molar refractivity (Wildman–Crippen MR) is 104 cm³/mol. The molecule has 2 aromatic carbocycles. The third-order valence-corrected chi connectivity index (χ3v) is 4.97. The fourth-order valence-electron chi connectivity index (χ4n) is 2.64. The summed E-state index contributed by atoms with van der Waals surface area (Å²) in [6.07, 6.45) is 0. The van der Waals surface area contributed by atoms with Gasteiger partial charge < -0.3 is 14.6 Å². The minimum atomic E-state index is -0.296. The summed E-state index contributed by atoms with van der Waals surface area (Å²) in [7, 11) is 0. The van der Waals surface area contributed by atoms with Crippen LogP contribution in [0.15, 0.2) is 59.1 Å². The topological polar surface area (TPSA) is 77.2 Å². The average Bonchev–Trinajstić information content (AvgIpc) is 3.34. The zero-order valence-corrected chi connectivity index (χ0v) is 15.5. The average molecular weight is 379 g/mol. The van der Waals surface area contributed by atoms with E-state index < -0.39 is 0 Å². The van der Waals surface area contributed by atoms with E-state index in [4.69, 9.17) is 9.26 Å². The molecule has 136 valence electrons. The van der Waals surface area contributed by atoms with E-state index in [1.807, 2.05) is 55.5 Å².